The first-order valence-corrected chi connectivity index (χ1v) is 7.50. The molecular weight excluding hydrogens is 337 g/mol. The van der Waals surface area contributed by atoms with Gasteiger partial charge >= 0.3 is 12.3 Å². The van der Waals surface area contributed by atoms with Crippen molar-refractivity contribution in [2.75, 3.05) is 0 Å². The van der Waals surface area contributed by atoms with Gasteiger partial charge in [-0.15, -0.1) is 0 Å². The molecule has 0 saturated heterocycles. The van der Waals surface area contributed by atoms with Gasteiger partial charge in [0.2, 0.25) is 0 Å². The Hall–Kier alpha value is -2.62. The van der Waals surface area contributed by atoms with Crippen LogP contribution in [-0.4, -0.2) is 19.5 Å². The summed E-state index contributed by atoms with van der Waals surface area (Å²) in [5.41, 5.74) is -1.49. The van der Waals surface area contributed by atoms with Crippen molar-refractivity contribution < 1.29 is 31.1 Å². The normalized spacial score (nSPS) is 11.8. The number of pyridine rings is 1. The second kappa shape index (κ2) is 6.24. The van der Waals surface area contributed by atoms with E-state index in [0.717, 1.165) is 12.3 Å². The van der Waals surface area contributed by atoms with Gasteiger partial charge in [0.05, 0.1) is 5.56 Å². The Morgan fingerprint density at radius 1 is 1.09 bits per heavy atom. The Morgan fingerprint density at radius 2 is 1.74 bits per heavy atom. The summed E-state index contributed by atoms with van der Waals surface area (Å²) in [6, 6.07) is 8.90. The Labute approximate surface area is 129 Å². The highest BCUT2D eigenvalue weighted by molar-refractivity contribution is 7.90. The molecule has 0 unspecified atom stereocenters. The van der Waals surface area contributed by atoms with E-state index in [4.69, 9.17) is 0 Å². The predicted molar refractivity (Wildman–Crippen MR) is 72.0 cm³/mol. The zero-order valence-corrected chi connectivity index (χ0v) is 12.1. The van der Waals surface area contributed by atoms with Gasteiger partial charge in [-0.2, -0.15) is 21.6 Å². The number of nitrogens with one attached hydrogen (secondary N) is 1. The molecule has 122 valence electrons. The van der Waals surface area contributed by atoms with Crippen molar-refractivity contribution in [1.82, 2.24) is 9.71 Å². The molecule has 1 aromatic heterocycles. The molecule has 0 saturated carbocycles. The van der Waals surface area contributed by atoms with Gasteiger partial charge in [0.15, 0.2) is 5.03 Å². The number of aromatic nitrogens is 1. The highest BCUT2D eigenvalue weighted by Gasteiger charge is 2.38. The number of hydrogen-bond acceptors (Lipinski definition) is 5. The van der Waals surface area contributed by atoms with Crippen LogP contribution in [0.3, 0.4) is 0 Å². The summed E-state index contributed by atoms with van der Waals surface area (Å²) in [7, 11) is -4.85. The van der Waals surface area contributed by atoms with Crippen LogP contribution in [0.4, 0.5) is 18.0 Å². The summed E-state index contributed by atoms with van der Waals surface area (Å²) < 4.78 is 68.3. The van der Waals surface area contributed by atoms with Crippen LogP contribution in [0.25, 0.3) is 0 Å². The maximum absolute atomic E-state index is 12.8. The minimum absolute atomic E-state index is 0.0252. The molecule has 0 bridgehead atoms. The standard InChI is InChI=1S/C13H9F3N2O4S/c14-13(15,16)10-7-4-8-17-11(10)23(20,21)18-12(19)22-9-5-2-1-3-6-9/h1-8H,(H,18,19). The largest absolute Gasteiger partial charge is 0.426 e. The van der Waals surface area contributed by atoms with Crippen LogP contribution in [0, 0.1) is 0 Å². The lowest BCUT2D eigenvalue weighted by molar-refractivity contribution is -0.140. The predicted octanol–water partition coefficient (Wildman–Crippen LogP) is 2.58. The molecule has 0 aliphatic carbocycles. The van der Waals surface area contributed by atoms with E-state index in [1.807, 2.05) is 0 Å². The molecule has 0 aliphatic heterocycles. The lowest BCUT2D eigenvalue weighted by atomic mass is 10.3. The molecule has 0 spiro atoms. The Kier molecular flexibility index (Phi) is 4.55. The van der Waals surface area contributed by atoms with Gasteiger partial charge in [0.1, 0.15) is 5.75 Å². The highest BCUT2D eigenvalue weighted by atomic mass is 32.2. The molecule has 1 amide bonds. The van der Waals surface area contributed by atoms with Crippen molar-refractivity contribution in [3.8, 4) is 5.75 Å². The topological polar surface area (TPSA) is 85.4 Å². The molecule has 1 N–H and O–H groups in total. The zero-order chi connectivity index (χ0) is 17.1. The van der Waals surface area contributed by atoms with Crippen molar-refractivity contribution in [3.63, 3.8) is 0 Å². The van der Waals surface area contributed by atoms with Crippen LogP contribution in [0.1, 0.15) is 5.56 Å². The maximum atomic E-state index is 12.8. The minimum Gasteiger partial charge on any atom is -0.410 e. The maximum Gasteiger partial charge on any atom is 0.426 e. The Bertz CT molecular complexity index is 807. The van der Waals surface area contributed by atoms with Gasteiger partial charge in [0.25, 0.3) is 10.0 Å². The fourth-order valence-electron chi connectivity index (χ4n) is 1.60. The fraction of sp³-hybridized carbons (Fsp3) is 0.0769. The average Bonchev–Trinajstić information content (AvgIpc) is 2.46. The van der Waals surface area contributed by atoms with E-state index >= 15 is 0 Å². The number of carbonyl (C=O) groups is 1. The first-order chi connectivity index (χ1) is 10.7. The van der Waals surface area contributed by atoms with E-state index in [0.29, 0.717) is 6.07 Å². The number of sulfonamides is 1. The smallest absolute Gasteiger partial charge is 0.410 e. The molecule has 1 aromatic carbocycles. The number of nitrogens with zero attached hydrogens (tertiary/aromatic N) is 1. The first kappa shape index (κ1) is 16.7. The minimum atomic E-state index is -4.94. The van der Waals surface area contributed by atoms with Crippen molar-refractivity contribution >= 4 is 16.1 Å². The molecule has 23 heavy (non-hydrogen) atoms. The van der Waals surface area contributed by atoms with Gasteiger partial charge in [-0.3, -0.25) is 0 Å². The molecule has 0 radical (unpaired) electrons. The number of hydrogen-bond donors (Lipinski definition) is 1. The van der Waals surface area contributed by atoms with Crippen LogP contribution in [0.15, 0.2) is 53.7 Å². The van der Waals surface area contributed by atoms with Gasteiger partial charge in [-0.1, -0.05) is 18.2 Å². The van der Waals surface area contributed by atoms with Gasteiger partial charge < -0.3 is 4.74 Å². The van der Waals surface area contributed by atoms with E-state index in [1.165, 1.54) is 29.0 Å². The molecular formula is C13H9F3N2O4S. The van der Waals surface area contributed by atoms with E-state index in [-0.39, 0.29) is 5.75 Å². The Morgan fingerprint density at radius 3 is 2.35 bits per heavy atom. The summed E-state index contributed by atoms with van der Waals surface area (Å²) in [6.07, 6.45) is -5.52. The molecule has 6 nitrogen and oxygen atoms in total. The first-order valence-electron chi connectivity index (χ1n) is 6.02. The lowest BCUT2D eigenvalue weighted by Crippen LogP contribution is -2.34. The summed E-state index contributed by atoms with van der Waals surface area (Å²) in [5.74, 6) is 0.0252. The van der Waals surface area contributed by atoms with Gasteiger partial charge in [-0.25, -0.2) is 14.5 Å². The third-order valence-corrected chi connectivity index (χ3v) is 3.77. The molecule has 2 aromatic rings. The average molecular weight is 346 g/mol. The van der Waals surface area contributed by atoms with Crippen LogP contribution in [-0.2, 0) is 16.2 Å². The second-order valence-corrected chi connectivity index (χ2v) is 5.76. The second-order valence-electron chi connectivity index (χ2n) is 4.16. The van der Waals surface area contributed by atoms with E-state index in [2.05, 4.69) is 9.72 Å². The number of alkyl halides is 3. The van der Waals surface area contributed by atoms with Crippen molar-refractivity contribution in [2.24, 2.45) is 0 Å². The van der Waals surface area contributed by atoms with Crippen LogP contribution in [0.5, 0.6) is 5.75 Å². The molecule has 0 atom stereocenters. The number of rotatable bonds is 3. The third-order valence-electron chi connectivity index (χ3n) is 2.50. The monoisotopic (exact) mass is 346 g/mol. The quantitative estimate of drug-likeness (QED) is 0.923. The molecule has 2 rings (SSSR count). The SMILES string of the molecule is O=C(NS(=O)(=O)c1ncccc1C(F)(F)F)Oc1ccccc1. The number of para-hydroxylation sites is 1. The summed E-state index contributed by atoms with van der Waals surface area (Å²) in [5, 5.41) is -1.31. The Balaban J connectivity index is 2.25. The highest BCUT2D eigenvalue weighted by Crippen LogP contribution is 2.32. The molecule has 0 fully saturated rings. The number of halogens is 3. The van der Waals surface area contributed by atoms with Gasteiger partial charge in [-0.05, 0) is 24.3 Å². The summed E-state index contributed by atoms with van der Waals surface area (Å²) in [6.45, 7) is 0. The number of amides is 1. The van der Waals surface area contributed by atoms with Crippen molar-refractivity contribution in [3.05, 3.63) is 54.2 Å². The van der Waals surface area contributed by atoms with Crippen LogP contribution in [0.2, 0.25) is 0 Å². The van der Waals surface area contributed by atoms with Crippen LogP contribution < -0.4 is 9.46 Å². The molecule has 0 aliphatic rings. The summed E-state index contributed by atoms with van der Waals surface area (Å²) >= 11 is 0. The summed E-state index contributed by atoms with van der Waals surface area (Å²) in [4.78, 5) is 14.7. The molecule has 10 heteroatoms. The van der Waals surface area contributed by atoms with E-state index in [1.54, 1.807) is 6.07 Å². The van der Waals surface area contributed by atoms with Crippen LogP contribution >= 0.6 is 0 Å². The fourth-order valence-corrected chi connectivity index (χ4v) is 2.63. The van der Waals surface area contributed by atoms with E-state index in [9.17, 15) is 26.4 Å². The lowest BCUT2D eigenvalue weighted by Gasteiger charge is -2.12. The number of benzene rings is 1. The van der Waals surface area contributed by atoms with Gasteiger partial charge in [0, 0.05) is 6.20 Å². The number of ether oxygens (including phenoxy) is 1. The van der Waals surface area contributed by atoms with E-state index < -0.39 is 32.9 Å². The third kappa shape index (κ3) is 4.19. The van der Waals surface area contributed by atoms with Crippen molar-refractivity contribution in [2.45, 2.75) is 11.2 Å². The van der Waals surface area contributed by atoms with Crippen molar-refractivity contribution in [1.29, 1.82) is 0 Å². The zero-order valence-electron chi connectivity index (χ0n) is 11.2. The molecule has 1 heterocycles. The number of carbonyl (C=O) groups excluding carboxylic acids is 1.